The number of carbonyl (C=O) groups is 3. The van der Waals surface area contributed by atoms with Crippen LogP contribution in [-0.4, -0.2) is 47.8 Å². The molecule has 4 amide bonds. The normalized spacial score (nSPS) is 17.9. The summed E-state index contributed by atoms with van der Waals surface area (Å²) in [5.41, 5.74) is 0.0192. The lowest BCUT2D eigenvalue weighted by Gasteiger charge is -2.24. The third-order valence-corrected chi connectivity index (χ3v) is 5.89. The Morgan fingerprint density at radius 1 is 1.06 bits per heavy atom. The van der Waals surface area contributed by atoms with Gasteiger partial charge in [-0.2, -0.15) is 8.78 Å². The van der Waals surface area contributed by atoms with E-state index in [0.717, 1.165) is 15.7 Å². The maximum Gasteiger partial charge on any atom is 0.387 e. The largest absolute Gasteiger partial charge is 0.435 e. The maximum atomic E-state index is 13.3. The molecule has 0 radical (unpaired) electrons. The maximum absolute atomic E-state index is 13.3. The predicted molar refractivity (Wildman–Crippen MR) is 121 cm³/mol. The molecule has 3 aromatic rings. The molecule has 1 aliphatic heterocycles. The molecule has 1 fully saturated rings. The number of ether oxygens (including phenoxy) is 1. The Kier molecular flexibility index (Phi) is 6.19. The number of nitrogens with zero attached hydrogens (tertiary/aromatic N) is 2. The van der Waals surface area contributed by atoms with Gasteiger partial charge in [-0.05, 0) is 41.0 Å². The summed E-state index contributed by atoms with van der Waals surface area (Å²) in [7, 11) is 1.54. The van der Waals surface area contributed by atoms with Gasteiger partial charge in [-0.3, -0.25) is 14.5 Å². The quantitative estimate of drug-likeness (QED) is 0.535. The molecule has 9 heteroatoms. The van der Waals surface area contributed by atoms with Gasteiger partial charge < -0.3 is 15.0 Å². The van der Waals surface area contributed by atoms with E-state index in [1.54, 1.807) is 25.1 Å². The number of likely N-dealkylation sites (N-methyl/N-ethyl adjacent to an activating group) is 1. The number of halogens is 2. The highest BCUT2D eigenvalue weighted by Gasteiger charge is 2.50. The lowest BCUT2D eigenvalue weighted by molar-refractivity contribution is -0.138. The predicted octanol–water partition coefficient (Wildman–Crippen LogP) is 3.87. The van der Waals surface area contributed by atoms with Crippen molar-refractivity contribution < 1.29 is 27.9 Å². The van der Waals surface area contributed by atoms with E-state index in [0.29, 0.717) is 11.1 Å². The average Bonchev–Trinajstić information content (AvgIpc) is 3.03. The van der Waals surface area contributed by atoms with Crippen molar-refractivity contribution in [2.24, 2.45) is 0 Å². The minimum atomic E-state index is -2.92. The molecule has 1 saturated heterocycles. The van der Waals surface area contributed by atoms with E-state index in [1.807, 2.05) is 36.4 Å². The standard InChI is InChI=1S/C25H23F2N3O4/c1-25(20-9-5-7-17-6-3-4-8-19(17)20)22(32)30(24(33)28-25)15-21(31)29(2)14-16-10-12-18(13-11-16)34-23(26)27/h3-13,23H,14-15H2,1-2H3,(H,28,33). The van der Waals surface area contributed by atoms with Crippen LogP contribution in [0.3, 0.4) is 0 Å². The molecule has 1 aliphatic rings. The van der Waals surface area contributed by atoms with E-state index >= 15 is 0 Å². The Morgan fingerprint density at radius 3 is 2.44 bits per heavy atom. The summed E-state index contributed by atoms with van der Waals surface area (Å²) in [4.78, 5) is 41.1. The van der Waals surface area contributed by atoms with Crippen LogP contribution in [0.2, 0.25) is 0 Å². The fraction of sp³-hybridized carbons (Fsp3) is 0.240. The number of alkyl halides is 2. The van der Waals surface area contributed by atoms with Gasteiger partial charge in [0.05, 0.1) is 0 Å². The monoisotopic (exact) mass is 467 g/mol. The Labute approximate surface area is 194 Å². The summed E-state index contributed by atoms with van der Waals surface area (Å²) in [5.74, 6) is -0.942. The first-order chi connectivity index (χ1) is 16.2. The molecule has 7 nitrogen and oxygen atoms in total. The van der Waals surface area contributed by atoms with E-state index in [4.69, 9.17) is 0 Å². The second-order valence-corrected chi connectivity index (χ2v) is 8.25. The van der Waals surface area contributed by atoms with Gasteiger partial charge in [-0.25, -0.2) is 4.79 Å². The van der Waals surface area contributed by atoms with Gasteiger partial charge in [0, 0.05) is 13.6 Å². The number of urea groups is 1. The zero-order valence-corrected chi connectivity index (χ0v) is 18.6. The molecule has 0 bridgehead atoms. The van der Waals surface area contributed by atoms with Crippen LogP contribution in [0.1, 0.15) is 18.1 Å². The molecule has 1 unspecified atom stereocenters. The van der Waals surface area contributed by atoms with Gasteiger partial charge in [0.25, 0.3) is 5.91 Å². The van der Waals surface area contributed by atoms with E-state index in [2.05, 4.69) is 10.1 Å². The number of nitrogens with one attached hydrogen (secondary N) is 1. The third kappa shape index (κ3) is 4.41. The summed E-state index contributed by atoms with van der Waals surface area (Å²) in [6.45, 7) is -1.54. The topological polar surface area (TPSA) is 79.0 Å². The number of amides is 4. The van der Waals surface area contributed by atoms with Crippen LogP contribution in [-0.2, 0) is 21.7 Å². The van der Waals surface area contributed by atoms with Crippen molar-refractivity contribution in [2.45, 2.75) is 25.6 Å². The number of fused-ring (bicyclic) bond motifs is 1. The van der Waals surface area contributed by atoms with Gasteiger partial charge >= 0.3 is 12.6 Å². The van der Waals surface area contributed by atoms with Gasteiger partial charge in [0.1, 0.15) is 17.8 Å². The first-order valence-electron chi connectivity index (χ1n) is 10.6. The second kappa shape index (κ2) is 9.09. The summed E-state index contributed by atoms with van der Waals surface area (Å²) >= 11 is 0. The molecule has 1 heterocycles. The Morgan fingerprint density at radius 2 is 1.74 bits per heavy atom. The lowest BCUT2D eigenvalue weighted by Crippen LogP contribution is -2.43. The van der Waals surface area contributed by atoms with E-state index in [9.17, 15) is 23.2 Å². The van der Waals surface area contributed by atoms with Crippen molar-refractivity contribution in [2.75, 3.05) is 13.6 Å². The Balaban J connectivity index is 1.47. The van der Waals surface area contributed by atoms with Gasteiger partial charge in [0.2, 0.25) is 5.91 Å². The number of hydrogen-bond acceptors (Lipinski definition) is 4. The molecular formula is C25H23F2N3O4. The zero-order chi connectivity index (χ0) is 24.5. The van der Waals surface area contributed by atoms with Crippen LogP contribution in [0.5, 0.6) is 5.75 Å². The summed E-state index contributed by atoms with van der Waals surface area (Å²) in [5, 5.41) is 4.52. The number of hydrogen-bond donors (Lipinski definition) is 1. The number of benzene rings is 3. The molecule has 0 saturated carbocycles. The fourth-order valence-electron chi connectivity index (χ4n) is 4.08. The van der Waals surface area contributed by atoms with Crippen LogP contribution in [0.15, 0.2) is 66.7 Å². The van der Waals surface area contributed by atoms with Crippen LogP contribution in [0.25, 0.3) is 10.8 Å². The molecule has 3 aromatic carbocycles. The third-order valence-electron chi connectivity index (χ3n) is 5.89. The molecule has 0 spiro atoms. The van der Waals surface area contributed by atoms with Crippen molar-refractivity contribution in [3.8, 4) is 5.75 Å². The van der Waals surface area contributed by atoms with Crippen molar-refractivity contribution in [1.29, 1.82) is 0 Å². The number of imide groups is 1. The number of rotatable bonds is 7. The van der Waals surface area contributed by atoms with Crippen molar-refractivity contribution in [3.63, 3.8) is 0 Å². The Hall–Kier alpha value is -4.01. The SMILES string of the molecule is CN(Cc1ccc(OC(F)F)cc1)C(=O)CN1C(=O)NC(C)(c2cccc3ccccc23)C1=O. The minimum Gasteiger partial charge on any atom is -0.435 e. The molecule has 0 aliphatic carbocycles. The smallest absolute Gasteiger partial charge is 0.387 e. The second-order valence-electron chi connectivity index (χ2n) is 8.25. The van der Waals surface area contributed by atoms with E-state index in [-0.39, 0.29) is 12.3 Å². The van der Waals surface area contributed by atoms with Crippen molar-refractivity contribution in [1.82, 2.24) is 15.1 Å². The highest BCUT2D eigenvalue weighted by atomic mass is 19.3. The molecule has 1 N–H and O–H groups in total. The summed E-state index contributed by atoms with van der Waals surface area (Å²) in [6.07, 6.45) is 0. The first kappa shape index (κ1) is 23.2. The molecule has 176 valence electrons. The fourth-order valence-corrected chi connectivity index (χ4v) is 4.08. The van der Waals surface area contributed by atoms with Gasteiger partial charge in [-0.1, -0.05) is 54.6 Å². The van der Waals surface area contributed by atoms with Crippen LogP contribution >= 0.6 is 0 Å². The van der Waals surface area contributed by atoms with Gasteiger partial charge in [0.15, 0.2) is 0 Å². The minimum absolute atomic E-state index is 0.0137. The van der Waals surface area contributed by atoms with Crippen LogP contribution in [0.4, 0.5) is 13.6 Å². The van der Waals surface area contributed by atoms with E-state index < -0.39 is 36.5 Å². The summed E-state index contributed by atoms with van der Waals surface area (Å²) in [6, 6.07) is 18.3. The van der Waals surface area contributed by atoms with Crippen LogP contribution in [0, 0.1) is 0 Å². The highest BCUT2D eigenvalue weighted by Crippen LogP contribution is 2.33. The van der Waals surface area contributed by atoms with Crippen molar-refractivity contribution in [3.05, 3.63) is 77.9 Å². The Bertz CT molecular complexity index is 1240. The highest BCUT2D eigenvalue weighted by molar-refractivity contribution is 6.10. The summed E-state index contributed by atoms with van der Waals surface area (Å²) < 4.78 is 28.9. The number of carbonyl (C=O) groups excluding carboxylic acids is 3. The van der Waals surface area contributed by atoms with E-state index in [1.165, 1.54) is 24.1 Å². The molecule has 4 rings (SSSR count). The lowest BCUT2D eigenvalue weighted by atomic mass is 9.88. The molecule has 34 heavy (non-hydrogen) atoms. The van der Waals surface area contributed by atoms with Crippen molar-refractivity contribution >= 4 is 28.6 Å². The molecule has 1 atom stereocenters. The van der Waals surface area contributed by atoms with Crippen LogP contribution < -0.4 is 10.1 Å². The average molecular weight is 467 g/mol. The molecular weight excluding hydrogens is 444 g/mol. The molecule has 0 aromatic heterocycles. The first-order valence-corrected chi connectivity index (χ1v) is 10.6. The van der Waals surface area contributed by atoms with Gasteiger partial charge in [-0.15, -0.1) is 0 Å². The zero-order valence-electron chi connectivity index (χ0n) is 18.6.